The Morgan fingerprint density at radius 1 is 1.33 bits per heavy atom. The molecule has 0 bridgehead atoms. The Labute approximate surface area is 92.9 Å². The van der Waals surface area contributed by atoms with Crippen molar-refractivity contribution in [2.75, 3.05) is 26.9 Å². The van der Waals surface area contributed by atoms with E-state index >= 15 is 0 Å². The minimum Gasteiger partial charge on any atom is -0.463 e. The first-order chi connectivity index (χ1) is 7.07. The number of methoxy groups -OCH3 is 1. The largest absolute Gasteiger partial charge is 0.463 e. The molecular formula is C10H20O4Si. The van der Waals surface area contributed by atoms with Crippen LogP contribution in [0, 0.1) is 0 Å². The molecule has 88 valence electrons. The van der Waals surface area contributed by atoms with E-state index < -0.39 is 9.04 Å². The van der Waals surface area contributed by atoms with Crippen LogP contribution in [-0.4, -0.2) is 41.9 Å². The van der Waals surface area contributed by atoms with Gasteiger partial charge in [0.05, 0.1) is 19.8 Å². The minimum atomic E-state index is -1.21. The van der Waals surface area contributed by atoms with E-state index in [2.05, 4.69) is 13.1 Å². The Morgan fingerprint density at radius 3 is 2.53 bits per heavy atom. The third kappa shape index (κ3) is 8.35. The number of hydrogen-bond acceptors (Lipinski definition) is 4. The van der Waals surface area contributed by atoms with E-state index in [4.69, 9.17) is 13.9 Å². The molecular weight excluding hydrogens is 212 g/mol. The Morgan fingerprint density at radius 2 is 2.00 bits per heavy atom. The summed E-state index contributed by atoms with van der Waals surface area (Å²) in [6, 6.07) is 0.822. The highest BCUT2D eigenvalue weighted by molar-refractivity contribution is 6.50. The molecule has 4 nitrogen and oxygen atoms in total. The fraction of sp³-hybridized carbons (Fsp3) is 0.700. The molecule has 0 aliphatic rings. The Bertz CT molecular complexity index is 206. The average Bonchev–Trinajstić information content (AvgIpc) is 2.18. The molecule has 1 atom stereocenters. The van der Waals surface area contributed by atoms with Crippen molar-refractivity contribution in [2.24, 2.45) is 0 Å². The highest BCUT2D eigenvalue weighted by atomic mass is 28.3. The van der Waals surface area contributed by atoms with Crippen LogP contribution < -0.4 is 0 Å². The molecule has 1 unspecified atom stereocenters. The molecule has 0 rings (SSSR count). The second-order valence-corrected chi connectivity index (χ2v) is 5.91. The number of rotatable bonds is 8. The van der Waals surface area contributed by atoms with Crippen LogP contribution in [0.15, 0.2) is 12.2 Å². The van der Waals surface area contributed by atoms with Gasteiger partial charge in [-0.3, -0.25) is 0 Å². The molecule has 0 aliphatic heterocycles. The standard InChI is InChI=1S/C10H20O4Si/c1-9(2)10(11)13-7-8-15(4)14-6-5-12-3/h15H,1,5-8H2,2-4H3. The van der Waals surface area contributed by atoms with Gasteiger partial charge in [-0.15, -0.1) is 0 Å². The molecule has 0 radical (unpaired) electrons. The third-order valence-corrected chi connectivity index (χ3v) is 3.65. The van der Waals surface area contributed by atoms with Gasteiger partial charge in [0.1, 0.15) is 0 Å². The van der Waals surface area contributed by atoms with Gasteiger partial charge < -0.3 is 13.9 Å². The van der Waals surface area contributed by atoms with Crippen LogP contribution in [-0.2, 0) is 18.7 Å². The van der Waals surface area contributed by atoms with Gasteiger partial charge in [-0.25, -0.2) is 4.79 Å². The lowest BCUT2D eigenvalue weighted by Gasteiger charge is -2.11. The van der Waals surface area contributed by atoms with Gasteiger partial charge >= 0.3 is 5.97 Å². The van der Waals surface area contributed by atoms with Gasteiger partial charge in [0.15, 0.2) is 9.04 Å². The summed E-state index contributed by atoms with van der Waals surface area (Å²) in [7, 11) is 0.432. The van der Waals surface area contributed by atoms with Gasteiger partial charge in [-0.2, -0.15) is 0 Å². The van der Waals surface area contributed by atoms with E-state index in [-0.39, 0.29) is 5.97 Å². The van der Waals surface area contributed by atoms with Crippen LogP contribution in [0.3, 0.4) is 0 Å². The third-order valence-electron chi connectivity index (χ3n) is 1.80. The smallest absolute Gasteiger partial charge is 0.333 e. The van der Waals surface area contributed by atoms with Crippen molar-refractivity contribution in [3.05, 3.63) is 12.2 Å². The van der Waals surface area contributed by atoms with Crippen LogP contribution in [0.4, 0.5) is 0 Å². The second-order valence-electron chi connectivity index (χ2n) is 3.38. The van der Waals surface area contributed by atoms with Crippen molar-refractivity contribution in [1.29, 1.82) is 0 Å². The molecule has 0 amide bonds. The van der Waals surface area contributed by atoms with E-state index in [9.17, 15) is 4.79 Å². The van der Waals surface area contributed by atoms with E-state index in [1.54, 1.807) is 14.0 Å². The summed E-state index contributed by atoms with van der Waals surface area (Å²) in [5.74, 6) is -0.326. The molecule has 15 heavy (non-hydrogen) atoms. The maximum atomic E-state index is 11.0. The lowest BCUT2D eigenvalue weighted by Crippen LogP contribution is -2.19. The van der Waals surface area contributed by atoms with Crippen molar-refractivity contribution in [3.63, 3.8) is 0 Å². The van der Waals surface area contributed by atoms with Crippen molar-refractivity contribution in [2.45, 2.75) is 19.5 Å². The fourth-order valence-corrected chi connectivity index (χ4v) is 1.97. The van der Waals surface area contributed by atoms with E-state index in [0.29, 0.717) is 25.4 Å². The number of carbonyl (C=O) groups is 1. The van der Waals surface area contributed by atoms with E-state index in [1.807, 2.05) is 0 Å². The zero-order valence-electron chi connectivity index (χ0n) is 9.75. The van der Waals surface area contributed by atoms with Crippen molar-refractivity contribution in [3.8, 4) is 0 Å². The first-order valence-electron chi connectivity index (χ1n) is 5.01. The monoisotopic (exact) mass is 232 g/mol. The van der Waals surface area contributed by atoms with Crippen molar-refractivity contribution >= 4 is 15.0 Å². The van der Waals surface area contributed by atoms with Gasteiger partial charge in [-0.05, 0) is 19.5 Å². The van der Waals surface area contributed by atoms with Crippen LogP contribution in [0.25, 0.3) is 0 Å². The van der Waals surface area contributed by atoms with Crippen LogP contribution in [0.2, 0.25) is 12.6 Å². The predicted octanol–water partition coefficient (Wildman–Crippen LogP) is 1.12. The first kappa shape index (κ1) is 14.3. The molecule has 0 saturated carbocycles. The maximum absolute atomic E-state index is 11.0. The molecule has 0 heterocycles. The molecule has 0 aromatic rings. The molecule has 0 spiro atoms. The maximum Gasteiger partial charge on any atom is 0.333 e. The summed E-state index contributed by atoms with van der Waals surface area (Å²) >= 11 is 0. The van der Waals surface area contributed by atoms with Crippen LogP contribution >= 0.6 is 0 Å². The Hall–Kier alpha value is -0.653. The summed E-state index contributed by atoms with van der Waals surface area (Å²) in [6.07, 6.45) is 0. The summed E-state index contributed by atoms with van der Waals surface area (Å²) in [5.41, 5.74) is 0.435. The normalized spacial score (nSPS) is 12.2. The summed E-state index contributed by atoms with van der Waals surface area (Å²) in [4.78, 5) is 11.0. The van der Waals surface area contributed by atoms with Gasteiger partial charge in [0, 0.05) is 12.7 Å². The number of carbonyl (C=O) groups excluding carboxylic acids is 1. The topological polar surface area (TPSA) is 44.8 Å². The molecule has 5 heteroatoms. The van der Waals surface area contributed by atoms with Crippen LogP contribution in [0.1, 0.15) is 6.92 Å². The number of ether oxygens (including phenoxy) is 2. The number of esters is 1. The zero-order valence-corrected chi connectivity index (χ0v) is 10.9. The quantitative estimate of drug-likeness (QED) is 0.272. The Kier molecular flexibility index (Phi) is 8.26. The van der Waals surface area contributed by atoms with Gasteiger partial charge in [-0.1, -0.05) is 6.58 Å². The number of hydrogen-bond donors (Lipinski definition) is 0. The van der Waals surface area contributed by atoms with E-state index in [0.717, 1.165) is 6.04 Å². The zero-order chi connectivity index (χ0) is 11.7. The average molecular weight is 232 g/mol. The molecule has 0 saturated heterocycles. The molecule has 0 N–H and O–H groups in total. The van der Waals surface area contributed by atoms with Crippen molar-refractivity contribution in [1.82, 2.24) is 0 Å². The highest BCUT2D eigenvalue weighted by Crippen LogP contribution is 1.98. The van der Waals surface area contributed by atoms with Gasteiger partial charge in [0.2, 0.25) is 0 Å². The predicted molar refractivity (Wildman–Crippen MR) is 61.4 cm³/mol. The summed E-state index contributed by atoms with van der Waals surface area (Å²) < 4.78 is 15.4. The fourth-order valence-electron chi connectivity index (χ4n) is 0.857. The molecule has 0 aliphatic carbocycles. The lowest BCUT2D eigenvalue weighted by molar-refractivity contribution is -0.138. The van der Waals surface area contributed by atoms with E-state index in [1.165, 1.54) is 0 Å². The second kappa shape index (κ2) is 8.64. The SMILES string of the molecule is C=C(C)C(=O)OCC[SiH](C)OCCOC. The molecule has 0 fully saturated rings. The first-order valence-corrected chi connectivity index (χ1v) is 7.45. The summed E-state index contributed by atoms with van der Waals surface area (Å²) in [5, 5.41) is 0. The van der Waals surface area contributed by atoms with Crippen molar-refractivity contribution < 1.29 is 18.7 Å². The minimum absolute atomic E-state index is 0.326. The molecule has 0 aromatic carbocycles. The summed E-state index contributed by atoms with van der Waals surface area (Å²) in [6.45, 7) is 8.87. The lowest BCUT2D eigenvalue weighted by atomic mass is 10.4. The van der Waals surface area contributed by atoms with Crippen LogP contribution in [0.5, 0.6) is 0 Å². The molecule has 0 aromatic heterocycles. The van der Waals surface area contributed by atoms with Gasteiger partial charge in [0.25, 0.3) is 0 Å². The Balaban J connectivity index is 3.42. The highest BCUT2D eigenvalue weighted by Gasteiger charge is 2.07.